The Morgan fingerprint density at radius 3 is 1.57 bits per heavy atom. The fourth-order valence-electron chi connectivity index (χ4n) is 3.21. The number of phenolic OH excluding ortho intramolecular Hbond substituents is 1. The summed E-state index contributed by atoms with van der Waals surface area (Å²) in [5, 5.41) is 10.9. The number of ketones is 1. The molecule has 4 aromatic carbocycles. The van der Waals surface area contributed by atoms with Crippen LogP contribution in [0.2, 0.25) is 0 Å². The first-order chi connectivity index (χ1) is 13.6. The molecule has 4 rings (SSSR count). The van der Waals surface area contributed by atoms with Crippen LogP contribution < -0.4 is 0 Å². The average molecular weight is 368 g/mol. The highest BCUT2D eigenvalue weighted by atomic mass is 19.1. The zero-order valence-corrected chi connectivity index (χ0v) is 15.0. The second-order valence-electron chi connectivity index (χ2n) is 6.49. The molecule has 0 aliphatic heterocycles. The Morgan fingerprint density at radius 2 is 1.11 bits per heavy atom. The predicted molar refractivity (Wildman–Crippen MR) is 109 cm³/mol. The van der Waals surface area contributed by atoms with E-state index in [1.807, 2.05) is 60.7 Å². The van der Waals surface area contributed by atoms with E-state index in [1.165, 1.54) is 24.3 Å². The van der Waals surface area contributed by atoms with Gasteiger partial charge in [0.2, 0.25) is 0 Å². The third-order valence-electron chi connectivity index (χ3n) is 4.65. The van der Waals surface area contributed by atoms with E-state index in [2.05, 4.69) is 0 Å². The van der Waals surface area contributed by atoms with Crippen molar-refractivity contribution in [2.75, 3.05) is 0 Å². The quantitative estimate of drug-likeness (QED) is 0.442. The Morgan fingerprint density at radius 1 is 0.643 bits per heavy atom. The third kappa shape index (κ3) is 3.42. The number of hydrogen-bond acceptors (Lipinski definition) is 2. The SMILES string of the molecule is O=C(c1ccc(F)cc1)c1cc(-c2ccccc2)c(O)c(-c2ccccc2)c1. The Balaban J connectivity index is 1.91. The minimum absolute atomic E-state index is 0.119. The molecule has 0 fully saturated rings. The van der Waals surface area contributed by atoms with Gasteiger partial charge < -0.3 is 5.11 Å². The summed E-state index contributed by atoms with van der Waals surface area (Å²) in [6, 6.07) is 27.7. The summed E-state index contributed by atoms with van der Waals surface area (Å²) in [6.07, 6.45) is 0. The molecule has 0 saturated carbocycles. The topological polar surface area (TPSA) is 37.3 Å². The zero-order valence-electron chi connectivity index (χ0n) is 15.0. The maximum atomic E-state index is 13.2. The van der Waals surface area contributed by atoms with Crippen molar-refractivity contribution in [2.24, 2.45) is 0 Å². The lowest BCUT2D eigenvalue weighted by atomic mass is 9.92. The summed E-state index contributed by atoms with van der Waals surface area (Å²) >= 11 is 0. The molecule has 0 spiro atoms. The van der Waals surface area contributed by atoms with Crippen LogP contribution in [0.4, 0.5) is 4.39 Å². The molecule has 0 heterocycles. The molecule has 2 nitrogen and oxygen atoms in total. The molecular formula is C25H17FO2. The molecule has 0 aromatic heterocycles. The molecule has 4 aromatic rings. The normalized spacial score (nSPS) is 10.6. The van der Waals surface area contributed by atoms with Gasteiger partial charge in [0.05, 0.1) is 0 Å². The number of rotatable bonds is 4. The summed E-state index contributed by atoms with van der Waals surface area (Å²) in [4.78, 5) is 13.0. The Bertz CT molecular complexity index is 1060. The van der Waals surface area contributed by atoms with E-state index in [0.717, 1.165) is 11.1 Å². The molecular weight excluding hydrogens is 351 g/mol. The van der Waals surface area contributed by atoms with Gasteiger partial charge >= 0.3 is 0 Å². The number of halogens is 1. The highest BCUT2D eigenvalue weighted by Crippen LogP contribution is 2.39. The predicted octanol–water partition coefficient (Wildman–Crippen LogP) is 6.10. The zero-order chi connectivity index (χ0) is 19.5. The molecule has 1 N–H and O–H groups in total. The molecule has 0 aliphatic rings. The van der Waals surface area contributed by atoms with Crippen molar-refractivity contribution in [3.63, 3.8) is 0 Å². The van der Waals surface area contributed by atoms with Crippen LogP contribution in [0, 0.1) is 5.82 Å². The summed E-state index contributed by atoms with van der Waals surface area (Å²) in [5.74, 6) is -0.500. The van der Waals surface area contributed by atoms with Gasteiger partial charge in [-0.05, 0) is 47.5 Å². The van der Waals surface area contributed by atoms with Crippen LogP contribution in [0.3, 0.4) is 0 Å². The van der Waals surface area contributed by atoms with Crippen molar-refractivity contribution < 1.29 is 14.3 Å². The highest BCUT2D eigenvalue weighted by Gasteiger charge is 2.18. The van der Waals surface area contributed by atoms with E-state index in [1.54, 1.807) is 12.1 Å². The molecule has 0 aliphatic carbocycles. The number of aromatic hydroxyl groups is 1. The van der Waals surface area contributed by atoms with Crippen molar-refractivity contribution in [2.45, 2.75) is 0 Å². The number of hydrogen-bond donors (Lipinski definition) is 1. The summed E-state index contributed by atoms with van der Waals surface area (Å²) in [6.45, 7) is 0. The highest BCUT2D eigenvalue weighted by molar-refractivity contribution is 6.10. The van der Waals surface area contributed by atoms with Gasteiger partial charge in [0.25, 0.3) is 0 Å². The van der Waals surface area contributed by atoms with E-state index in [4.69, 9.17) is 0 Å². The van der Waals surface area contributed by atoms with Crippen LogP contribution in [0.15, 0.2) is 97.1 Å². The maximum absolute atomic E-state index is 13.2. The molecule has 0 saturated heterocycles. The molecule has 0 radical (unpaired) electrons. The largest absolute Gasteiger partial charge is 0.507 e. The van der Waals surface area contributed by atoms with Crippen LogP contribution in [-0.2, 0) is 0 Å². The number of carbonyl (C=O) groups excluding carboxylic acids is 1. The first-order valence-corrected chi connectivity index (χ1v) is 8.91. The smallest absolute Gasteiger partial charge is 0.193 e. The molecule has 136 valence electrons. The van der Waals surface area contributed by atoms with E-state index in [0.29, 0.717) is 22.3 Å². The molecule has 0 bridgehead atoms. The van der Waals surface area contributed by atoms with Gasteiger partial charge in [0.15, 0.2) is 5.78 Å². The average Bonchev–Trinajstić information content (AvgIpc) is 2.75. The fourth-order valence-corrected chi connectivity index (χ4v) is 3.21. The standard InChI is InChI=1S/C25H17FO2/c26-21-13-11-19(12-14-21)24(27)20-15-22(17-7-3-1-4-8-17)25(28)23(16-20)18-9-5-2-6-10-18/h1-16,28H. The van der Waals surface area contributed by atoms with Gasteiger partial charge in [0, 0.05) is 22.3 Å². The molecule has 0 unspecified atom stereocenters. The van der Waals surface area contributed by atoms with Crippen molar-refractivity contribution in [3.8, 4) is 28.0 Å². The number of carbonyl (C=O) groups is 1. The lowest BCUT2D eigenvalue weighted by Gasteiger charge is -2.14. The summed E-state index contributed by atoms with van der Waals surface area (Å²) in [5.41, 5.74) is 3.60. The second-order valence-corrected chi connectivity index (χ2v) is 6.49. The van der Waals surface area contributed by atoms with Gasteiger partial charge in [-0.15, -0.1) is 0 Å². The van der Waals surface area contributed by atoms with Gasteiger partial charge in [-0.1, -0.05) is 60.7 Å². The van der Waals surface area contributed by atoms with E-state index in [-0.39, 0.29) is 11.5 Å². The first-order valence-electron chi connectivity index (χ1n) is 8.91. The maximum Gasteiger partial charge on any atom is 0.193 e. The third-order valence-corrected chi connectivity index (χ3v) is 4.65. The van der Waals surface area contributed by atoms with Crippen LogP contribution in [0.1, 0.15) is 15.9 Å². The Hall–Kier alpha value is -3.72. The minimum atomic E-state index is -0.391. The van der Waals surface area contributed by atoms with E-state index in [9.17, 15) is 14.3 Å². The summed E-state index contributed by atoms with van der Waals surface area (Å²) < 4.78 is 13.2. The Kier molecular flexibility index (Phi) is 4.73. The van der Waals surface area contributed by atoms with Gasteiger partial charge in [-0.3, -0.25) is 4.79 Å². The van der Waals surface area contributed by atoms with E-state index < -0.39 is 5.82 Å². The lowest BCUT2D eigenvalue weighted by molar-refractivity contribution is 0.103. The van der Waals surface area contributed by atoms with Crippen LogP contribution in [0.25, 0.3) is 22.3 Å². The van der Waals surface area contributed by atoms with Gasteiger partial charge in [0.1, 0.15) is 11.6 Å². The van der Waals surface area contributed by atoms with Gasteiger partial charge in [-0.25, -0.2) is 4.39 Å². The van der Waals surface area contributed by atoms with Crippen LogP contribution >= 0.6 is 0 Å². The van der Waals surface area contributed by atoms with Crippen molar-refractivity contribution in [3.05, 3.63) is 114 Å². The fraction of sp³-hybridized carbons (Fsp3) is 0. The molecule has 0 atom stereocenters. The Labute approximate surface area is 162 Å². The van der Waals surface area contributed by atoms with Crippen molar-refractivity contribution in [1.82, 2.24) is 0 Å². The first kappa shape index (κ1) is 17.7. The number of benzene rings is 4. The molecule has 0 amide bonds. The summed E-state index contributed by atoms with van der Waals surface area (Å²) in [7, 11) is 0. The molecule has 28 heavy (non-hydrogen) atoms. The molecule has 3 heteroatoms. The van der Waals surface area contributed by atoms with Crippen LogP contribution in [0.5, 0.6) is 5.75 Å². The van der Waals surface area contributed by atoms with E-state index >= 15 is 0 Å². The lowest BCUT2D eigenvalue weighted by Crippen LogP contribution is -2.02. The van der Waals surface area contributed by atoms with Crippen molar-refractivity contribution in [1.29, 1.82) is 0 Å². The van der Waals surface area contributed by atoms with Gasteiger partial charge in [-0.2, -0.15) is 0 Å². The monoisotopic (exact) mass is 368 g/mol. The minimum Gasteiger partial charge on any atom is -0.507 e. The van der Waals surface area contributed by atoms with Crippen molar-refractivity contribution >= 4 is 5.78 Å². The second kappa shape index (κ2) is 7.49. The number of phenols is 1. The van der Waals surface area contributed by atoms with Crippen LogP contribution in [-0.4, -0.2) is 10.9 Å².